The number of thioether (sulfide) groups is 1. The van der Waals surface area contributed by atoms with Gasteiger partial charge in [-0.2, -0.15) is 17.9 Å². The Labute approximate surface area is 249 Å². The normalized spacial score (nSPS) is 14.1. The molecule has 0 radical (unpaired) electrons. The minimum Gasteiger partial charge on any atom is -0.362 e. The van der Waals surface area contributed by atoms with Gasteiger partial charge in [0.15, 0.2) is 0 Å². The van der Waals surface area contributed by atoms with Crippen LogP contribution < -0.4 is 5.32 Å². The van der Waals surface area contributed by atoms with Gasteiger partial charge in [-0.3, -0.25) is 4.79 Å². The average Bonchev–Trinajstić information content (AvgIpc) is 3.60. The number of hydrogen-bond acceptors (Lipinski definition) is 7. The lowest BCUT2D eigenvalue weighted by molar-refractivity contribution is -0.137. The highest BCUT2D eigenvalue weighted by Crippen LogP contribution is 2.34. The van der Waals surface area contributed by atoms with Crippen molar-refractivity contribution in [2.75, 3.05) is 37.3 Å². The fraction of sp³-hybridized carbons (Fsp3) is 0.407. The first-order chi connectivity index (χ1) is 19.4. The van der Waals surface area contributed by atoms with Crippen LogP contribution in [0.3, 0.4) is 0 Å². The molecule has 4 rings (SSSR count). The Kier molecular flexibility index (Phi) is 10.2. The van der Waals surface area contributed by atoms with Gasteiger partial charge in [-0.25, -0.2) is 0 Å². The maximum absolute atomic E-state index is 13.2. The summed E-state index contributed by atoms with van der Waals surface area (Å²) in [6, 6.07) is 7.84. The first-order valence-electron chi connectivity index (χ1n) is 12.7. The number of aromatic nitrogens is 4. The van der Waals surface area contributed by atoms with Gasteiger partial charge < -0.3 is 15.0 Å². The van der Waals surface area contributed by atoms with Crippen molar-refractivity contribution in [1.29, 1.82) is 0 Å². The summed E-state index contributed by atoms with van der Waals surface area (Å²) in [5.74, 6) is 5.63. The van der Waals surface area contributed by atoms with E-state index in [4.69, 9.17) is 27.9 Å². The molecule has 1 fully saturated rings. The predicted octanol–water partition coefficient (Wildman–Crippen LogP) is 5.96. The minimum absolute atomic E-state index is 0.0172. The third kappa shape index (κ3) is 8.83. The number of carbonyl (C=O) groups excluding carboxylic acids is 1. The van der Waals surface area contributed by atoms with Crippen molar-refractivity contribution in [3.8, 4) is 17.5 Å². The minimum atomic E-state index is -4.57. The molecule has 0 atom stereocenters. The fourth-order valence-electron chi connectivity index (χ4n) is 3.98. The van der Waals surface area contributed by atoms with Crippen LogP contribution in [0, 0.1) is 11.8 Å². The van der Waals surface area contributed by atoms with E-state index < -0.39 is 23.2 Å². The van der Waals surface area contributed by atoms with Gasteiger partial charge in [0.25, 0.3) is 0 Å². The molecule has 0 unspecified atom stereocenters. The second-order valence-electron chi connectivity index (χ2n) is 9.73. The number of carbonyl (C=O) groups is 1. The van der Waals surface area contributed by atoms with E-state index in [-0.39, 0.29) is 21.6 Å². The van der Waals surface area contributed by atoms with Gasteiger partial charge in [0.05, 0.1) is 39.3 Å². The first-order valence-corrected chi connectivity index (χ1v) is 14.4. The van der Waals surface area contributed by atoms with E-state index in [1.165, 1.54) is 12.8 Å². The number of nitrogens with one attached hydrogen (secondary N) is 1. The Bertz CT molecular complexity index is 1450. The maximum Gasteiger partial charge on any atom is 0.416 e. The van der Waals surface area contributed by atoms with Crippen LogP contribution in [0.1, 0.15) is 37.8 Å². The Morgan fingerprint density at radius 3 is 2.59 bits per heavy atom. The molecular weight excluding hydrogens is 600 g/mol. The number of likely N-dealkylation sites (tertiary alicyclic amines) is 1. The topological polar surface area (TPSA) is 85.2 Å². The Morgan fingerprint density at radius 2 is 1.88 bits per heavy atom. The fourth-order valence-corrected chi connectivity index (χ4v) is 5.09. The lowest BCUT2D eigenvalue weighted by atomic mass is 10.1. The number of rotatable bonds is 9. The van der Waals surface area contributed by atoms with Crippen LogP contribution in [0.2, 0.25) is 10.0 Å². The van der Waals surface area contributed by atoms with E-state index >= 15 is 0 Å². The molecule has 2 aromatic carbocycles. The molecule has 218 valence electrons. The Hall–Kier alpha value is -2.82. The van der Waals surface area contributed by atoms with Crippen molar-refractivity contribution in [1.82, 2.24) is 25.1 Å². The summed E-state index contributed by atoms with van der Waals surface area (Å²) in [5, 5.41) is 14.1. The third-order valence-corrected chi connectivity index (χ3v) is 7.65. The molecule has 41 heavy (non-hydrogen) atoms. The lowest BCUT2D eigenvalue weighted by Gasteiger charge is -2.21. The van der Waals surface area contributed by atoms with Crippen LogP contribution in [0.4, 0.5) is 18.9 Å². The largest absolute Gasteiger partial charge is 0.416 e. The molecule has 0 bridgehead atoms. The van der Waals surface area contributed by atoms with E-state index in [9.17, 15) is 18.0 Å². The van der Waals surface area contributed by atoms with Crippen molar-refractivity contribution in [3.05, 3.63) is 57.6 Å². The number of nitrogens with zero attached hydrogens (tertiary/aromatic N) is 5. The molecule has 14 heteroatoms. The number of benzene rings is 2. The second-order valence-corrected chi connectivity index (χ2v) is 11.5. The van der Waals surface area contributed by atoms with Gasteiger partial charge in [-0.15, -0.1) is 5.10 Å². The number of ether oxygens (including phenoxy) is 1. The summed E-state index contributed by atoms with van der Waals surface area (Å²) in [4.78, 5) is 15.0. The highest BCUT2D eigenvalue weighted by Gasteiger charge is 2.31. The van der Waals surface area contributed by atoms with Crippen molar-refractivity contribution >= 4 is 46.6 Å². The summed E-state index contributed by atoms with van der Waals surface area (Å²) in [5.41, 5.74) is -0.559. The molecular formula is C27H27Cl2F3N6O2S. The molecule has 1 saturated heterocycles. The van der Waals surface area contributed by atoms with Crippen LogP contribution in [-0.2, 0) is 15.7 Å². The van der Waals surface area contributed by atoms with Gasteiger partial charge in [-0.05, 0) is 86.6 Å². The average molecular weight is 628 g/mol. The highest BCUT2D eigenvalue weighted by molar-refractivity contribution is 7.99. The molecule has 1 aromatic heterocycles. The monoisotopic (exact) mass is 626 g/mol. The SMILES string of the molecule is CC(C)(C#Cc1ccc(NC(=O)CSc2nnnn2-c2cc(C(F)(F)F)ccc2Cl)c(Cl)c1)OCCN1CCCC1. The van der Waals surface area contributed by atoms with E-state index in [1.807, 2.05) is 13.8 Å². The number of halogens is 5. The zero-order chi connectivity index (χ0) is 29.6. The second kappa shape index (κ2) is 13.4. The Morgan fingerprint density at radius 1 is 1.12 bits per heavy atom. The molecule has 0 spiro atoms. The molecule has 0 aliphatic carbocycles. The standard InChI is InChI=1S/C27H27Cl2F3N6O2S/c1-26(2,40-14-13-37-11-3-4-12-37)10-9-18-5-8-22(21(29)15-18)33-24(39)17-41-25-34-35-36-38(25)23-16-19(27(30,31)32)6-7-20(23)28/h5-8,15-16H,3-4,11-14,17H2,1-2H3,(H,33,39). The lowest BCUT2D eigenvalue weighted by Crippen LogP contribution is -2.29. The molecule has 1 aliphatic heterocycles. The van der Waals surface area contributed by atoms with Gasteiger partial charge in [0.1, 0.15) is 5.60 Å². The highest BCUT2D eigenvalue weighted by atomic mass is 35.5. The summed E-state index contributed by atoms with van der Waals surface area (Å²) in [6.07, 6.45) is -2.10. The van der Waals surface area contributed by atoms with Crippen molar-refractivity contribution in [3.63, 3.8) is 0 Å². The number of anilines is 1. The third-order valence-electron chi connectivity index (χ3n) is 6.10. The quantitative estimate of drug-likeness (QED) is 0.232. The molecule has 1 N–H and O–H groups in total. The van der Waals surface area contributed by atoms with Crippen molar-refractivity contribution < 1.29 is 22.7 Å². The molecule has 1 amide bonds. The predicted molar refractivity (Wildman–Crippen MR) is 153 cm³/mol. The van der Waals surface area contributed by atoms with Gasteiger partial charge in [-0.1, -0.05) is 46.8 Å². The Balaban J connectivity index is 1.33. The van der Waals surface area contributed by atoms with E-state index in [0.29, 0.717) is 22.9 Å². The first kappa shape index (κ1) is 31.1. The zero-order valence-electron chi connectivity index (χ0n) is 22.3. The van der Waals surface area contributed by atoms with Crippen molar-refractivity contribution in [2.24, 2.45) is 0 Å². The molecule has 3 aromatic rings. The van der Waals surface area contributed by atoms with Crippen LogP contribution in [0.15, 0.2) is 41.6 Å². The van der Waals surface area contributed by atoms with E-state index in [0.717, 1.165) is 54.3 Å². The smallest absolute Gasteiger partial charge is 0.362 e. The number of hydrogen-bond donors (Lipinski definition) is 1. The van der Waals surface area contributed by atoms with Gasteiger partial charge >= 0.3 is 6.18 Å². The van der Waals surface area contributed by atoms with E-state index in [1.54, 1.807) is 18.2 Å². The summed E-state index contributed by atoms with van der Waals surface area (Å²) < 4.78 is 46.5. The van der Waals surface area contributed by atoms with Crippen molar-refractivity contribution in [2.45, 2.75) is 43.6 Å². The summed E-state index contributed by atoms with van der Waals surface area (Å²) in [6.45, 7) is 7.54. The zero-order valence-corrected chi connectivity index (χ0v) is 24.6. The molecule has 8 nitrogen and oxygen atoms in total. The van der Waals surface area contributed by atoms with Crippen LogP contribution in [0.5, 0.6) is 0 Å². The molecule has 1 aliphatic rings. The summed E-state index contributed by atoms with van der Waals surface area (Å²) >= 11 is 13.4. The molecule has 0 saturated carbocycles. The van der Waals surface area contributed by atoms with Gasteiger partial charge in [0, 0.05) is 12.1 Å². The van der Waals surface area contributed by atoms with Crippen LogP contribution in [-0.4, -0.2) is 68.6 Å². The van der Waals surface area contributed by atoms with E-state index in [2.05, 4.69) is 37.6 Å². The summed E-state index contributed by atoms with van der Waals surface area (Å²) in [7, 11) is 0. The number of amides is 1. The van der Waals surface area contributed by atoms with Crippen LogP contribution >= 0.6 is 35.0 Å². The molecule has 2 heterocycles. The van der Waals surface area contributed by atoms with Gasteiger partial charge in [0.2, 0.25) is 11.1 Å². The van der Waals surface area contributed by atoms with Crippen LogP contribution in [0.25, 0.3) is 5.69 Å². The number of alkyl halides is 3. The number of tetrazole rings is 1. The maximum atomic E-state index is 13.2.